The molecule has 100 valence electrons. The van der Waals surface area contributed by atoms with Crippen molar-refractivity contribution in [2.75, 3.05) is 29.5 Å². The van der Waals surface area contributed by atoms with Gasteiger partial charge in [0.2, 0.25) is 5.28 Å². The molecule has 5 nitrogen and oxygen atoms in total. The molecule has 1 aliphatic heterocycles. The van der Waals surface area contributed by atoms with Gasteiger partial charge in [-0.15, -0.1) is 0 Å². The third kappa shape index (κ3) is 2.55. The Morgan fingerprint density at radius 2 is 1.95 bits per heavy atom. The summed E-state index contributed by atoms with van der Waals surface area (Å²) < 4.78 is 11.4. The van der Waals surface area contributed by atoms with Crippen LogP contribution in [0, 0.1) is 6.92 Å². The Balaban J connectivity index is 2.11. The van der Waals surface area contributed by atoms with Gasteiger partial charge < -0.3 is 4.90 Å². The first-order valence-corrected chi connectivity index (χ1v) is 7.91. The lowest BCUT2D eigenvalue weighted by molar-refractivity contribution is 0.672. The largest absolute Gasteiger partial charge is 0.353 e. The zero-order chi connectivity index (χ0) is 13.4. The summed E-state index contributed by atoms with van der Waals surface area (Å²) in [5.41, 5.74) is 2.42. The molecule has 0 aliphatic carbocycles. The lowest BCUT2D eigenvalue weighted by atomic mass is 10.3. The van der Waals surface area contributed by atoms with E-state index in [2.05, 4.69) is 19.9 Å². The van der Waals surface area contributed by atoms with Gasteiger partial charge in [-0.3, -0.25) is 4.21 Å². The maximum absolute atomic E-state index is 11.4. The molecule has 0 radical (unpaired) electrons. The van der Waals surface area contributed by atoms with Gasteiger partial charge in [0.15, 0.2) is 5.82 Å². The van der Waals surface area contributed by atoms with E-state index in [1.165, 1.54) is 0 Å². The maximum atomic E-state index is 11.4. The van der Waals surface area contributed by atoms with Crippen molar-refractivity contribution < 1.29 is 4.21 Å². The molecule has 1 aliphatic rings. The molecular formula is C12H13ClN4OS. The van der Waals surface area contributed by atoms with E-state index in [1.54, 1.807) is 0 Å². The van der Waals surface area contributed by atoms with Crippen LogP contribution in [0.15, 0.2) is 12.1 Å². The van der Waals surface area contributed by atoms with Crippen LogP contribution in [-0.4, -0.2) is 43.8 Å². The van der Waals surface area contributed by atoms with E-state index in [0.717, 1.165) is 22.5 Å². The Bertz CT molecular complexity index is 653. The molecule has 7 heteroatoms. The van der Waals surface area contributed by atoms with E-state index in [1.807, 2.05) is 19.1 Å². The second-order valence-electron chi connectivity index (χ2n) is 4.47. The predicted molar refractivity (Wildman–Crippen MR) is 77.2 cm³/mol. The van der Waals surface area contributed by atoms with E-state index in [4.69, 9.17) is 11.6 Å². The third-order valence-electron chi connectivity index (χ3n) is 3.11. The fraction of sp³-hybridized carbons (Fsp3) is 0.417. The first kappa shape index (κ1) is 12.7. The lowest BCUT2D eigenvalue weighted by Gasteiger charge is -2.27. The standard InChI is InChI=1S/C12H13ClN4OS/c1-8-2-3-9-10(14-8)11(16-12(13)15-9)17-4-6-19(18)7-5-17/h2-3H,4-7H2,1H3. The monoisotopic (exact) mass is 296 g/mol. The average molecular weight is 297 g/mol. The summed E-state index contributed by atoms with van der Waals surface area (Å²) in [6, 6.07) is 3.80. The van der Waals surface area contributed by atoms with Gasteiger partial charge in [0, 0.05) is 41.1 Å². The first-order valence-electron chi connectivity index (χ1n) is 6.04. The molecule has 1 fully saturated rings. The number of rotatable bonds is 1. The molecule has 0 bridgehead atoms. The quantitative estimate of drug-likeness (QED) is 0.747. The Morgan fingerprint density at radius 1 is 1.21 bits per heavy atom. The number of aryl methyl sites for hydroxylation is 1. The number of anilines is 1. The summed E-state index contributed by atoms with van der Waals surface area (Å²) in [5.74, 6) is 2.07. The highest BCUT2D eigenvalue weighted by molar-refractivity contribution is 7.85. The van der Waals surface area contributed by atoms with E-state index >= 15 is 0 Å². The van der Waals surface area contributed by atoms with Crippen LogP contribution in [0.25, 0.3) is 11.0 Å². The maximum Gasteiger partial charge on any atom is 0.225 e. The Labute approximate surface area is 118 Å². The molecule has 1 saturated heterocycles. The normalized spacial score (nSPS) is 17.1. The van der Waals surface area contributed by atoms with Gasteiger partial charge in [0.1, 0.15) is 5.52 Å². The molecule has 3 heterocycles. The van der Waals surface area contributed by atoms with Gasteiger partial charge in [-0.2, -0.15) is 4.98 Å². The van der Waals surface area contributed by atoms with Crippen molar-refractivity contribution in [3.8, 4) is 0 Å². The van der Waals surface area contributed by atoms with Crippen molar-refractivity contribution >= 4 is 39.3 Å². The molecule has 0 saturated carbocycles. The summed E-state index contributed by atoms with van der Waals surface area (Å²) >= 11 is 5.97. The third-order valence-corrected chi connectivity index (χ3v) is 4.56. The van der Waals surface area contributed by atoms with Crippen molar-refractivity contribution in [2.24, 2.45) is 0 Å². The highest BCUT2D eigenvalue weighted by atomic mass is 35.5. The van der Waals surface area contributed by atoms with Crippen molar-refractivity contribution in [1.82, 2.24) is 15.0 Å². The minimum atomic E-state index is -0.717. The van der Waals surface area contributed by atoms with Crippen LogP contribution in [-0.2, 0) is 10.8 Å². The summed E-state index contributed by atoms with van der Waals surface area (Å²) in [7, 11) is -0.717. The van der Waals surface area contributed by atoms with Crippen molar-refractivity contribution in [1.29, 1.82) is 0 Å². The number of halogens is 1. The molecule has 0 atom stereocenters. The molecular weight excluding hydrogens is 284 g/mol. The van der Waals surface area contributed by atoms with E-state index in [0.29, 0.717) is 24.6 Å². The molecule has 0 unspecified atom stereocenters. The van der Waals surface area contributed by atoms with Gasteiger partial charge in [-0.05, 0) is 30.7 Å². The van der Waals surface area contributed by atoms with Gasteiger partial charge in [-0.25, -0.2) is 9.97 Å². The van der Waals surface area contributed by atoms with Crippen LogP contribution in [0.4, 0.5) is 5.82 Å². The zero-order valence-corrected chi connectivity index (χ0v) is 12.0. The van der Waals surface area contributed by atoms with Crippen LogP contribution in [0.2, 0.25) is 5.28 Å². The van der Waals surface area contributed by atoms with Crippen molar-refractivity contribution in [3.63, 3.8) is 0 Å². The highest BCUT2D eigenvalue weighted by Crippen LogP contribution is 2.24. The van der Waals surface area contributed by atoms with Gasteiger partial charge in [0.25, 0.3) is 0 Å². The fourth-order valence-electron chi connectivity index (χ4n) is 2.14. The molecule has 0 N–H and O–H groups in total. The zero-order valence-electron chi connectivity index (χ0n) is 10.5. The Morgan fingerprint density at radius 3 is 2.68 bits per heavy atom. The van der Waals surface area contributed by atoms with Gasteiger partial charge in [0.05, 0.1) is 5.52 Å². The topological polar surface area (TPSA) is 59.0 Å². The van der Waals surface area contributed by atoms with E-state index in [-0.39, 0.29) is 5.28 Å². The average Bonchev–Trinajstić information content (AvgIpc) is 2.39. The van der Waals surface area contributed by atoms with E-state index in [9.17, 15) is 4.21 Å². The van der Waals surface area contributed by atoms with Crippen LogP contribution < -0.4 is 4.90 Å². The fourth-order valence-corrected chi connectivity index (χ4v) is 3.36. The second-order valence-corrected chi connectivity index (χ2v) is 6.51. The number of nitrogens with zero attached hydrogens (tertiary/aromatic N) is 4. The number of aromatic nitrogens is 3. The van der Waals surface area contributed by atoms with Crippen LogP contribution in [0.5, 0.6) is 0 Å². The Kier molecular flexibility index (Phi) is 3.36. The number of fused-ring (bicyclic) bond motifs is 1. The smallest absolute Gasteiger partial charge is 0.225 e. The summed E-state index contributed by atoms with van der Waals surface area (Å²) in [6.07, 6.45) is 0. The van der Waals surface area contributed by atoms with Crippen LogP contribution in [0.1, 0.15) is 5.69 Å². The molecule has 0 aromatic carbocycles. The molecule has 19 heavy (non-hydrogen) atoms. The van der Waals surface area contributed by atoms with E-state index < -0.39 is 10.8 Å². The highest BCUT2D eigenvalue weighted by Gasteiger charge is 2.20. The molecule has 0 spiro atoms. The summed E-state index contributed by atoms with van der Waals surface area (Å²) in [4.78, 5) is 15.1. The SMILES string of the molecule is Cc1ccc2nc(Cl)nc(N3CCS(=O)CC3)c2n1. The minimum absolute atomic E-state index is 0.222. The van der Waals surface area contributed by atoms with Gasteiger partial charge in [-0.1, -0.05) is 0 Å². The predicted octanol–water partition coefficient (Wildman–Crippen LogP) is 1.56. The second kappa shape index (κ2) is 5.02. The molecule has 0 amide bonds. The number of hydrogen-bond acceptors (Lipinski definition) is 5. The van der Waals surface area contributed by atoms with Gasteiger partial charge >= 0.3 is 0 Å². The molecule has 2 aromatic heterocycles. The van der Waals surface area contributed by atoms with Crippen LogP contribution >= 0.6 is 11.6 Å². The number of pyridine rings is 1. The number of hydrogen-bond donors (Lipinski definition) is 0. The summed E-state index contributed by atoms with van der Waals surface area (Å²) in [5, 5.41) is 0.222. The Hall–Kier alpha value is -1.27. The van der Waals surface area contributed by atoms with Crippen molar-refractivity contribution in [2.45, 2.75) is 6.92 Å². The lowest BCUT2D eigenvalue weighted by Crippen LogP contribution is -2.38. The molecule has 2 aromatic rings. The first-order chi connectivity index (χ1) is 9.13. The van der Waals surface area contributed by atoms with Crippen LogP contribution in [0.3, 0.4) is 0 Å². The van der Waals surface area contributed by atoms with Crippen molar-refractivity contribution in [3.05, 3.63) is 23.1 Å². The minimum Gasteiger partial charge on any atom is -0.353 e. The molecule has 3 rings (SSSR count). The summed E-state index contributed by atoms with van der Waals surface area (Å²) in [6.45, 7) is 3.36.